The number of ketones is 1. The highest BCUT2D eigenvalue weighted by atomic mass is 16.7. The quantitative estimate of drug-likeness (QED) is 0.389. The average molecular weight is 535 g/mol. The maximum Gasteiger partial charge on any atom is 0.338 e. The molecule has 1 aromatic rings. The molecule has 0 amide bonds. The van der Waals surface area contributed by atoms with Gasteiger partial charge in [0.1, 0.15) is 11.9 Å². The zero-order valence-corrected chi connectivity index (χ0v) is 24.2. The predicted molar refractivity (Wildman–Crippen MR) is 148 cm³/mol. The largest absolute Gasteiger partial charge is 0.459 e. The molecule has 2 aliphatic heterocycles. The van der Waals surface area contributed by atoms with Crippen LogP contribution in [0, 0.1) is 52.3 Å². The average Bonchev–Trinajstić information content (AvgIpc) is 3.38. The molecular formula is C34H46O5. The molecule has 212 valence electrons. The van der Waals surface area contributed by atoms with Crippen molar-refractivity contribution in [3.8, 4) is 0 Å². The van der Waals surface area contributed by atoms with Crippen molar-refractivity contribution in [1.82, 2.24) is 0 Å². The van der Waals surface area contributed by atoms with E-state index in [1.54, 1.807) is 0 Å². The van der Waals surface area contributed by atoms with E-state index in [0.717, 1.165) is 45.1 Å². The lowest BCUT2D eigenvalue weighted by atomic mass is 9.44. The molecule has 2 saturated heterocycles. The van der Waals surface area contributed by atoms with E-state index in [-0.39, 0.29) is 40.8 Å². The molecule has 4 aliphatic carbocycles. The first kappa shape index (κ1) is 26.2. The lowest BCUT2D eigenvalue weighted by molar-refractivity contribution is -0.272. The standard InChI is InChI=1S/C34H46O5/c1-20-12-15-34(37-19-20)21(2)30-28(39-34)17-27-25-11-10-23-16-24(38-31(36)22-8-6-5-7-9-22)13-14-32(23,3)26(25)18-29(35)33(27,30)4/h5-9,20-21,23-28,30H,10-19H2,1-4H3/t20-,21+,23-,24-,25-,26+,27+,28+,30-,32+,33-,34+/m1/s1. The van der Waals surface area contributed by atoms with Crippen LogP contribution in [0.1, 0.15) is 95.8 Å². The molecule has 0 unspecified atom stereocenters. The summed E-state index contributed by atoms with van der Waals surface area (Å²) in [6.07, 6.45) is 9.17. The summed E-state index contributed by atoms with van der Waals surface area (Å²) in [5, 5.41) is 0. The van der Waals surface area contributed by atoms with Crippen molar-refractivity contribution < 1.29 is 23.8 Å². The lowest BCUT2D eigenvalue weighted by Gasteiger charge is -2.60. The minimum absolute atomic E-state index is 0.0219. The smallest absolute Gasteiger partial charge is 0.338 e. The second-order valence-corrected chi connectivity index (χ2v) is 14.7. The highest BCUT2D eigenvalue weighted by Gasteiger charge is 2.71. The Morgan fingerprint density at radius 3 is 2.51 bits per heavy atom. The third-order valence-electron chi connectivity index (χ3n) is 13.0. The Hall–Kier alpha value is -1.72. The van der Waals surface area contributed by atoms with Crippen LogP contribution >= 0.6 is 0 Å². The fraction of sp³-hybridized carbons (Fsp3) is 0.765. The number of carbonyl (C=O) groups is 2. The van der Waals surface area contributed by atoms with E-state index >= 15 is 0 Å². The summed E-state index contributed by atoms with van der Waals surface area (Å²) in [5.74, 6) is 2.84. The maximum atomic E-state index is 14.3. The normalized spacial score (nSPS) is 50.6. The SMILES string of the molecule is C[C@@H]1CC[C@]2(OC1)O[C@H]1C[C@H]3[C@@H]4CC[C@@H]5C[C@H](OC(=O)c6ccccc6)CC[C@]5(C)[C@H]4CC(=O)[C@]3(C)[C@@H]1[C@@H]2C. The summed E-state index contributed by atoms with van der Waals surface area (Å²) in [4.78, 5) is 27.0. The van der Waals surface area contributed by atoms with Gasteiger partial charge in [-0.05, 0) is 92.1 Å². The molecule has 4 saturated carbocycles. The number of fused-ring (bicyclic) bond motifs is 7. The molecule has 5 heteroatoms. The van der Waals surface area contributed by atoms with Crippen LogP contribution in [-0.4, -0.2) is 36.4 Å². The van der Waals surface area contributed by atoms with Crippen molar-refractivity contribution in [2.24, 2.45) is 52.3 Å². The number of hydrogen-bond donors (Lipinski definition) is 0. The molecule has 5 nitrogen and oxygen atoms in total. The van der Waals surface area contributed by atoms with Crippen molar-refractivity contribution in [3.63, 3.8) is 0 Å². The zero-order valence-electron chi connectivity index (χ0n) is 24.2. The monoisotopic (exact) mass is 534 g/mol. The molecule has 7 rings (SSSR count). The van der Waals surface area contributed by atoms with Gasteiger partial charge in [-0.2, -0.15) is 0 Å². The zero-order chi connectivity index (χ0) is 27.2. The first-order valence-corrected chi connectivity index (χ1v) is 15.8. The van der Waals surface area contributed by atoms with Gasteiger partial charge in [0.25, 0.3) is 0 Å². The minimum Gasteiger partial charge on any atom is -0.459 e. The molecule has 12 atom stereocenters. The van der Waals surface area contributed by atoms with E-state index in [4.69, 9.17) is 14.2 Å². The molecule has 0 N–H and O–H groups in total. The second-order valence-electron chi connectivity index (χ2n) is 14.7. The van der Waals surface area contributed by atoms with Gasteiger partial charge < -0.3 is 14.2 Å². The Labute approximate surface area is 233 Å². The van der Waals surface area contributed by atoms with Gasteiger partial charge in [-0.25, -0.2) is 4.79 Å². The first-order valence-electron chi connectivity index (χ1n) is 15.8. The van der Waals surface area contributed by atoms with Crippen LogP contribution in [-0.2, 0) is 19.0 Å². The predicted octanol–water partition coefficient (Wildman–Crippen LogP) is 6.84. The molecule has 39 heavy (non-hydrogen) atoms. The molecule has 2 heterocycles. The second kappa shape index (κ2) is 9.14. The molecule has 0 radical (unpaired) electrons. The fourth-order valence-corrected chi connectivity index (χ4v) is 10.8. The van der Waals surface area contributed by atoms with E-state index in [1.807, 2.05) is 30.3 Å². The summed E-state index contributed by atoms with van der Waals surface area (Å²) in [5.41, 5.74) is 0.473. The van der Waals surface area contributed by atoms with E-state index < -0.39 is 5.79 Å². The molecule has 6 aliphatic rings. The summed E-state index contributed by atoms with van der Waals surface area (Å²) in [6.45, 7) is 10.1. The van der Waals surface area contributed by atoms with E-state index in [9.17, 15) is 9.59 Å². The topological polar surface area (TPSA) is 61.8 Å². The summed E-state index contributed by atoms with van der Waals surface area (Å²) in [7, 11) is 0. The maximum absolute atomic E-state index is 14.3. The van der Waals surface area contributed by atoms with Crippen LogP contribution in [0.4, 0.5) is 0 Å². The molecule has 1 spiro atoms. The Bertz CT molecular complexity index is 1120. The van der Waals surface area contributed by atoms with Gasteiger partial charge >= 0.3 is 5.97 Å². The molecular weight excluding hydrogens is 488 g/mol. The molecule has 0 bridgehead atoms. The first-order chi connectivity index (χ1) is 18.7. The number of rotatable bonds is 2. The van der Waals surface area contributed by atoms with Crippen LogP contribution in [0.5, 0.6) is 0 Å². The van der Waals surface area contributed by atoms with Gasteiger partial charge in [-0.1, -0.05) is 45.9 Å². The van der Waals surface area contributed by atoms with Crippen molar-refractivity contribution in [1.29, 1.82) is 0 Å². The number of Topliss-reactive ketones (excluding diaryl/α,β-unsaturated/α-hetero) is 1. The van der Waals surface area contributed by atoms with Crippen molar-refractivity contribution in [2.75, 3.05) is 6.61 Å². The number of ether oxygens (including phenoxy) is 3. The fourth-order valence-electron chi connectivity index (χ4n) is 10.8. The Morgan fingerprint density at radius 2 is 1.77 bits per heavy atom. The lowest BCUT2D eigenvalue weighted by Crippen LogP contribution is -2.58. The molecule has 6 fully saturated rings. The van der Waals surface area contributed by atoms with Crippen LogP contribution < -0.4 is 0 Å². The number of benzene rings is 1. The third kappa shape index (κ3) is 3.77. The highest BCUT2D eigenvalue weighted by molar-refractivity contribution is 5.89. The van der Waals surface area contributed by atoms with Gasteiger partial charge in [0.05, 0.1) is 18.3 Å². The summed E-state index contributed by atoms with van der Waals surface area (Å²) < 4.78 is 19.3. The van der Waals surface area contributed by atoms with E-state index in [2.05, 4.69) is 27.7 Å². The van der Waals surface area contributed by atoms with Gasteiger partial charge in [0.15, 0.2) is 5.79 Å². The van der Waals surface area contributed by atoms with Gasteiger partial charge in [0.2, 0.25) is 0 Å². The Morgan fingerprint density at radius 1 is 0.974 bits per heavy atom. The van der Waals surface area contributed by atoms with Crippen LogP contribution in [0.25, 0.3) is 0 Å². The van der Waals surface area contributed by atoms with Crippen molar-refractivity contribution in [2.45, 2.75) is 103 Å². The Kier molecular flexibility index (Phi) is 6.14. The van der Waals surface area contributed by atoms with Crippen LogP contribution in [0.15, 0.2) is 30.3 Å². The minimum atomic E-state index is -0.480. The van der Waals surface area contributed by atoms with Gasteiger partial charge in [-0.3, -0.25) is 4.79 Å². The highest BCUT2D eigenvalue weighted by Crippen LogP contribution is 2.70. The Balaban J connectivity index is 1.08. The van der Waals surface area contributed by atoms with E-state index in [0.29, 0.717) is 47.4 Å². The molecule has 1 aromatic carbocycles. The van der Waals surface area contributed by atoms with Gasteiger partial charge in [0, 0.05) is 30.1 Å². The number of hydrogen-bond acceptors (Lipinski definition) is 5. The number of carbonyl (C=O) groups excluding carboxylic acids is 2. The number of esters is 1. The third-order valence-corrected chi connectivity index (χ3v) is 13.0. The van der Waals surface area contributed by atoms with Crippen molar-refractivity contribution in [3.05, 3.63) is 35.9 Å². The van der Waals surface area contributed by atoms with Gasteiger partial charge in [-0.15, -0.1) is 0 Å². The van der Waals surface area contributed by atoms with Crippen LogP contribution in [0.2, 0.25) is 0 Å². The van der Waals surface area contributed by atoms with Crippen LogP contribution in [0.3, 0.4) is 0 Å². The van der Waals surface area contributed by atoms with Crippen molar-refractivity contribution >= 4 is 11.8 Å². The van der Waals surface area contributed by atoms with E-state index in [1.165, 1.54) is 12.8 Å². The summed E-state index contributed by atoms with van der Waals surface area (Å²) >= 11 is 0. The summed E-state index contributed by atoms with van der Waals surface area (Å²) in [6, 6.07) is 9.35. The molecule has 0 aromatic heterocycles.